The number of benzene rings is 1. The molecule has 0 saturated heterocycles. The van der Waals surface area contributed by atoms with Crippen LogP contribution in [0.4, 0.5) is 5.69 Å². The zero-order chi connectivity index (χ0) is 16.1. The van der Waals surface area contributed by atoms with Gasteiger partial charge in [-0.3, -0.25) is 9.89 Å². The minimum Gasteiger partial charge on any atom is -0.465 e. The largest absolute Gasteiger partial charge is 0.465 e. The third-order valence-electron chi connectivity index (χ3n) is 3.47. The Hall–Kier alpha value is -2.63. The molecule has 2 N–H and O–H groups in total. The van der Waals surface area contributed by atoms with Gasteiger partial charge in [0, 0.05) is 17.8 Å². The quantitative estimate of drug-likeness (QED) is 0.830. The van der Waals surface area contributed by atoms with Gasteiger partial charge in [-0.15, -0.1) is 0 Å². The molecule has 0 aliphatic heterocycles. The summed E-state index contributed by atoms with van der Waals surface area (Å²) in [6.07, 6.45) is 1.01. The van der Waals surface area contributed by atoms with Crippen LogP contribution >= 0.6 is 0 Å². The van der Waals surface area contributed by atoms with E-state index in [1.807, 2.05) is 13.8 Å². The molecule has 0 saturated carbocycles. The molecule has 1 amide bonds. The molecule has 116 valence electrons. The zero-order valence-corrected chi connectivity index (χ0v) is 12.9. The number of hydrogen-bond donors (Lipinski definition) is 2. The summed E-state index contributed by atoms with van der Waals surface area (Å²) in [4.78, 5) is 23.3. The predicted octanol–water partition coefficient (Wildman–Crippen LogP) is 2.38. The lowest BCUT2D eigenvalue weighted by Crippen LogP contribution is -2.13. The third-order valence-corrected chi connectivity index (χ3v) is 3.47. The first-order chi connectivity index (χ1) is 10.5. The Bertz CT molecular complexity index is 655. The first kappa shape index (κ1) is 15.8. The summed E-state index contributed by atoms with van der Waals surface area (Å²) in [6.45, 7) is 3.86. The minimum absolute atomic E-state index is 0.0779. The summed E-state index contributed by atoms with van der Waals surface area (Å²) >= 11 is 0. The number of hydrogen-bond acceptors (Lipinski definition) is 4. The summed E-state index contributed by atoms with van der Waals surface area (Å²) in [5.74, 6) is -0.477. The van der Waals surface area contributed by atoms with Gasteiger partial charge in [-0.25, -0.2) is 4.79 Å². The van der Waals surface area contributed by atoms with Crippen molar-refractivity contribution in [2.45, 2.75) is 26.7 Å². The molecular formula is C16H19N3O3. The molecule has 0 aliphatic rings. The van der Waals surface area contributed by atoms with Crippen molar-refractivity contribution in [2.24, 2.45) is 0 Å². The number of carbonyl (C=O) groups excluding carboxylic acids is 2. The Morgan fingerprint density at radius 3 is 2.45 bits per heavy atom. The second-order valence-electron chi connectivity index (χ2n) is 5.03. The summed E-state index contributed by atoms with van der Waals surface area (Å²) in [6, 6.07) is 6.59. The number of nitrogens with one attached hydrogen (secondary N) is 2. The highest BCUT2D eigenvalue weighted by Gasteiger charge is 2.10. The van der Waals surface area contributed by atoms with Crippen molar-refractivity contribution >= 4 is 17.6 Å². The van der Waals surface area contributed by atoms with Crippen molar-refractivity contribution < 1.29 is 14.3 Å². The molecular weight excluding hydrogens is 282 g/mol. The van der Waals surface area contributed by atoms with Gasteiger partial charge in [0.1, 0.15) is 0 Å². The van der Waals surface area contributed by atoms with E-state index in [1.54, 1.807) is 24.3 Å². The fourth-order valence-electron chi connectivity index (χ4n) is 2.21. The van der Waals surface area contributed by atoms with Gasteiger partial charge in [-0.2, -0.15) is 5.10 Å². The number of esters is 1. The minimum atomic E-state index is -0.399. The number of aromatic amines is 1. The highest BCUT2D eigenvalue weighted by molar-refractivity contribution is 5.93. The summed E-state index contributed by atoms with van der Waals surface area (Å²) in [5.41, 5.74) is 4.10. The number of aryl methyl sites for hydroxylation is 2. The van der Waals surface area contributed by atoms with E-state index in [2.05, 4.69) is 20.3 Å². The van der Waals surface area contributed by atoms with Crippen LogP contribution < -0.4 is 5.32 Å². The van der Waals surface area contributed by atoms with Gasteiger partial charge in [-0.1, -0.05) is 0 Å². The number of H-pyrrole nitrogens is 1. The molecule has 1 aromatic heterocycles. The molecule has 2 aromatic rings. The van der Waals surface area contributed by atoms with Crippen LogP contribution in [0.25, 0.3) is 0 Å². The number of nitrogens with zero attached hydrogens (tertiary/aromatic N) is 1. The average molecular weight is 301 g/mol. The standard InChI is InChI=1S/C16H19N3O3/c1-10-14(11(2)19-18-10)8-9-15(20)17-13-6-4-12(5-7-13)16(21)22-3/h4-7H,8-9H2,1-3H3,(H,17,20)(H,18,19). The summed E-state index contributed by atoms with van der Waals surface area (Å²) < 4.78 is 4.62. The Kier molecular flexibility index (Phi) is 4.93. The summed E-state index contributed by atoms with van der Waals surface area (Å²) in [5, 5.41) is 9.82. The van der Waals surface area contributed by atoms with Gasteiger partial charge in [0.05, 0.1) is 18.4 Å². The van der Waals surface area contributed by atoms with Crippen molar-refractivity contribution in [1.82, 2.24) is 10.2 Å². The third kappa shape index (κ3) is 3.72. The van der Waals surface area contributed by atoms with E-state index in [0.717, 1.165) is 17.0 Å². The van der Waals surface area contributed by atoms with Crippen molar-refractivity contribution in [2.75, 3.05) is 12.4 Å². The van der Waals surface area contributed by atoms with Crippen LogP contribution in [0.3, 0.4) is 0 Å². The number of aromatic nitrogens is 2. The predicted molar refractivity (Wildman–Crippen MR) is 82.8 cm³/mol. The Balaban J connectivity index is 1.91. The van der Waals surface area contributed by atoms with Crippen molar-refractivity contribution in [3.63, 3.8) is 0 Å². The Labute approximate surface area is 128 Å². The average Bonchev–Trinajstić information content (AvgIpc) is 2.84. The molecule has 0 radical (unpaired) electrons. The second-order valence-corrected chi connectivity index (χ2v) is 5.03. The lowest BCUT2D eigenvalue weighted by Gasteiger charge is -2.06. The molecule has 0 fully saturated rings. The molecule has 1 aromatic carbocycles. The molecule has 2 rings (SSSR count). The van der Waals surface area contributed by atoms with E-state index in [0.29, 0.717) is 24.1 Å². The first-order valence-corrected chi connectivity index (χ1v) is 7.00. The number of methoxy groups -OCH3 is 1. The number of rotatable bonds is 5. The molecule has 6 nitrogen and oxygen atoms in total. The van der Waals surface area contributed by atoms with Crippen LogP contribution in [0, 0.1) is 13.8 Å². The molecule has 22 heavy (non-hydrogen) atoms. The van der Waals surface area contributed by atoms with E-state index in [-0.39, 0.29) is 5.91 Å². The van der Waals surface area contributed by atoms with Gasteiger partial charge in [0.15, 0.2) is 0 Å². The van der Waals surface area contributed by atoms with Crippen molar-refractivity contribution in [1.29, 1.82) is 0 Å². The Morgan fingerprint density at radius 1 is 1.23 bits per heavy atom. The highest BCUT2D eigenvalue weighted by atomic mass is 16.5. The van der Waals surface area contributed by atoms with Crippen LogP contribution in [0.15, 0.2) is 24.3 Å². The maximum Gasteiger partial charge on any atom is 0.337 e. The SMILES string of the molecule is COC(=O)c1ccc(NC(=O)CCc2c(C)n[nH]c2C)cc1. The van der Waals surface area contributed by atoms with Crippen molar-refractivity contribution in [3.8, 4) is 0 Å². The monoisotopic (exact) mass is 301 g/mol. The number of ether oxygens (including phenoxy) is 1. The van der Waals surface area contributed by atoms with Gasteiger partial charge >= 0.3 is 5.97 Å². The van der Waals surface area contributed by atoms with Gasteiger partial charge in [-0.05, 0) is 50.1 Å². The van der Waals surface area contributed by atoms with Gasteiger partial charge in [0.25, 0.3) is 0 Å². The van der Waals surface area contributed by atoms with E-state index < -0.39 is 5.97 Å². The maximum atomic E-state index is 12.0. The first-order valence-electron chi connectivity index (χ1n) is 7.00. The highest BCUT2D eigenvalue weighted by Crippen LogP contribution is 2.14. The molecule has 0 unspecified atom stereocenters. The van der Waals surface area contributed by atoms with E-state index >= 15 is 0 Å². The van der Waals surface area contributed by atoms with Crippen molar-refractivity contribution in [3.05, 3.63) is 46.8 Å². The molecule has 1 heterocycles. The van der Waals surface area contributed by atoms with E-state index in [4.69, 9.17) is 0 Å². The lowest BCUT2D eigenvalue weighted by atomic mass is 10.1. The Morgan fingerprint density at radius 2 is 1.91 bits per heavy atom. The molecule has 6 heteroatoms. The maximum absolute atomic E-state index is 12.0. The lowest BCUT2D eigenvalue weighted by molar-refractivity contribution is -0.116. The van der Waals surface area contributed by atoms with Gasteiger partial charge < -0.3 is 10.1 Å². The topological polar surface area (TPSA) is 84.1 Å². The molecule has 0 spiro atoms. The fourth-order valence-corrected chi connectivity index (χ4v) is 2.21. The van der Waals surface area contributed by atoms with Crippen LogP contribution in [0.2, 0.25) is 0 Å². The number of amides is 1. The molecule has 0 aliphatic carbocycles. The van der Waals surface area contributed by atoms with E-state index in [9.17, 15) is 9.59 Å². The molecule has 0 bridgehead atoms. The van der Waals surface area contributed by atoms with Crippen LogP contribution in [0.1, 0.15) is 33.7 Å². The smallest absolute Gasteiger partial charge is 0.337 e. The van der Waals surface area contributed by atoms with Gasteiger partial charge in [0.2, 0.25) is 5.91 Å². The molecule has 0 atom stereocenters. The zero-order valence-electron chi connectivity index (χ0n) is 12.9. The van der Waals surface area contributed by atoms with E-state index in [1.165, 1.54) is 7.11 Å². The fraction of sp³-hybridized carbons (Fsp3) is 0.312. The normalized spacial score (nSPS) is 10.3. The number of anilines is 1. The summed E-state index contributed by atoms with van der Waals surface area (Å²) in [7, 11) is 1.33. The van der Waals surface area contributed by atoms with Crippen LogP contribution in [0.5, 0.6) is 0 Å². The number of carbonyl (C=O) groups is 2. The van der Waals surface area contributed by atoms with Crippen LogP contribution in [-0.2, 0) is 16.0 Å². The second kappa shape index (κ2) is 6.89. The van der Waals surface area contributed by atoms with Crippen LogP contribution in [-0.4, -0.2) is 29.2 Å².